The van der Waals surface area contributed by atoms with Crippen molar-refractivity contribution in [2.75, 3.05) is 26.2 Å². The van der Waals surface area contributed by atoms with Crippen LogP contribution in [0.1, 0.15) is 20.8 Å². The smallest absolute Gasteiger partial charge is 0.243 e. The first-order valence-electron chi connectivity index (χ1n) is 6.72. The maximum atomic E-state index is 12.9. The highest BCUT2D eigenvalue weighted by Crippen LogP contribution is 2.21. The van der Waals surface area contributed by atoms with Gasteiger partial charge in [-0.1, -0.05) is 0 Å². The van der Waals surface area contributed by atoms with Gasteiger partial charge in [-0.15, -0.1) is 0 Å². The van der Waals surface area contributed by atoms with Gasteiger partial charge in [-0.25, -0.2) is 12.8 Å². The molecule has 1 aliphatic heterocycles. The molecule has 1 aromatic rings. The second kappa shape index (κ2) is 5.42. The summed E-state index contributed by atoms with van der Waals surface area (Å²) in [7, 11) is -3.51. The van der Waals surface area contributed by atoms with Crippen LogP contribution in [0, 0.1) is 5.82 Å². The molecule has 0 unspecified atom stereocenters. The average Bonchev–Trinajstić information content (AvgIpc) is 2.38. The fraction of sp³-hybridized carbons (Fsp3) is 0.571. The van der Waals surface area contributed by atoms with Crippen LogP contribution in [0.3, 0.4) is 0 Å². The minimum Gasteiger partial charge on any atom is -0.296 e. The number of halogens is 1. The number of sulfonamides is 1. The van der Waals surface area contributed by atoms with Crippen LogP contribution in [-0.4, -0.2) is 49.3 Å². The Morgan fingerprint density at radius 1 is 1.00 bits per heavy atom. The Morgan fingerprint density at radius 2 is 1.50 bits per heavy atom. The van der Waals surface area contributed by atoms with E-state index in [1.54, 1.807) is 0 Å². The lowest BCUT2D eigenvalue weighted by atomic mass is 10.1. The van der Waals surface area contributed by atoms with Crippen molar-refractivity contribution < 1.29 is 12.8 Å². The molecular weight excluding hydrogens is 279 g/mol. The number of piperazine rings is 1. The Labute approximate surface area is 120 Å². The molecule has 0 aliphatic carbocycles. The van der Waals surface area contributed by atoms with Gasteiger partial charge in [0.05, 0.1) is 4.90 Å². The van der Waals surface area contributed by atoms with Crippen molar-refractivity contribution in [3.8, 4) is 0 Å². The number of hydrogen-bond acceptors (Lipinski definition) is 3. The highest BCUT2D eigenvalue weighted by molar-refractivity contribution is 7.89. The average molecular weight is 300 g/mol. The molecule has 1 saturated heterocycles. The molecule has 6 heteroatoms. The molecule has 1 heterocycles. The van der Waals surface area contributed by atoms with Gasteiger partial charge in [-0.05, 0) is 45.0 Å². The predicted octanol–water partition coefficient (Wildman–Crippen LogP) is 1.93. The van der Waals surface area contributed by atoms with Gasteiger partial charge < -0.3 is 0 Å². The summed E-state index contributed by atoms with van der Waals surface area (Å²) in [6, 6.07) is 5.00. The van der Waals surface area contributed by atoms with E-state index in [0.717, 1.165) is 0 Å². The minimum atomic E-state index is -3.51. The second-order valence-electron chi connectivity index (χ2n) is 6.02. The lowest BCUT2D eigenvalue weighted by Gasteiger charge is -2.41. The van der Waals surface area contributed by atoms with Crippen LogP contribution < -0.4 is 0 Å². The minimum absolute atomic E-state index is 0.0473. The van der Waals surface area contributed by atoms with E-state index in [9.17, 15) is 12.8 Å². The second-order valence-corrected chi connectivity index (χ2v) is 7.95. The molecule has 0 N–H and O–H groups in total. The summed E-state index contributed by atoms with van der Waals surface area (Å²) >= 11 is 0. The van der Waals surface area contributed by atoms with Gasteiger partial charge in [-0.2, -0.15) is 4.31 Å². The van der Waals surface area contributed by atoms with E-state index < -0.39 is 15.8 Å². The molecule has 1 aromatic carbocycles. The van der Waals surface area contributed by atoms with Crippen LogP contribution in [-0.2, 0) is 10.0 Å². The van der Waals surface area contributed by atoms with E-state index in [-0.39, 0.29) is 10.4 Å². The maximum Gasteiger partial charge on any atom is 0.243 e. The van der Waals surface area contributed by atoms with Crippen molar-refractivity contribution in [3.05, 3.63) is 30.1 Å². The van der Waals surface area contributed by atoms with E-state index in [0.29, 0.717) is 26.2 Å². The fourth-order valence-electron chi connectivity index (χ4n) is 2.35. The van der Waals surface area contributed by atoms with Gasteiger partial charge in [0.2, 0.25) is 10.0 Å². The van der Waals surface area contributed by atoms with Gasteiger partial charge in [0.15, 0.2) is 0 Å². The van der Waals surface area contributed by atoms with Gasteiger partial charge in [0.25, 0.3) is 0 Å². The lowest BCUT2D eigenvalue weighted by molar-refractivity contribution is 0.0922. The third-order valence-corrected chi connectivity index (χ3v) is 5.55. The fourth-order valence-corrected chi connectivity index (χ4v) is 3.78. The summed E-state index contributed by atoms with van der Waals surface area (Å²) in [5.41, 5.74) is 0.0473. The summed E-state index contributed by atoms with van der Waals surface area (Å²) in [4.78, 5) is 2.42. The normalized spacial score (nSPS) is 19.2. The van der Waals surface area contributed by atoms with Crippen molar-refractivity contribution in [1.82, 2.24) is 9.21 Å². The third kappa shape index (κ3) is 3.19. The maximum absolute atomic E-state index is 12.9. The number of benzene rings is 1. The Bertz CT molecular complexity index is 556. The summed E-state index contributed by atoms with van der Waals surface area (Å²) in [5, 5.41) is 0. The van der Waals surface area contributed by atoms with E-state index in [1.807, 2.05) is 0 Å². The van der Waals surface area contributed by atoms with E-state index in [1.165, 1.54) is 28.6 Å². The quantitative estimate of drug-likeness (QED) is 0.838. The predicted molar refractivity (Wildman–Crippen MR) is 76.5 cm³/mol. The van der Waals surface area contributed by atoms with E-state index >= 15 is 0 Å². The summed E-state index contributed by atoms with van der Waals surface area (Å²) in [6.45, 7) is 8.73. The van der Waals surface area contributed by atoms with E-state index in [2.05, 4.69) is 25.7 Å². The van der Waals surface area contributed by atoms with Gasteiger partial charge in [0.1, 0.15) is 5.82 Å². The monoisotopic (exact) mass is 300 g/mol. The van der Waals surface area contributed by atoms with Gasteiger partial charge >= 0.3 is 0 Å². The number of nitrogens with zero attached hydrogens (tertiary/aromatic N) is 2. The van der Waals surface area contributed by atoms with Crippen LogP contribution in [0.4, 0.5) is 4.39 Å². The van der Waals surface area contributed by atoms with Crippen molar-refractivity contribution in [2.24, 2.45) is 0 Å². The first-order chi connectivity index (χ1) is 9.21. The molecular formula is C14H21FN2O2S. The van der Waals surface area contributed by atoms with E-state index in [4.69, 9.17) is 0 Å². The lowest BCUT2D eigenvalue weighted by Crippen LogP contribution is -2.54. The molecule has 0 saturated carbocycles. The molecule has 2 rings (SSSR count). The molecule has 112 valence electrons. The van der Waals surface area contributed by atoms with Crippen molar-refractivity contribution in [3.63, 3.8) is 0 Å². The zero-order chi connectivity index (χ0) is 15.0. The van der Waals surface area contributed by atoms with Gasteiger partial charge in [0, 0.05) is 31.7 Å². The summed E-state index contributed by atoms with van der Waals surface area (Å²) in [6.07, 6.45) is 0. The molecule has 0 spiro atoms. The zero-order valence-electron chi connectivity index (χ0n) is 12.1. The molecule has 1 fully saturated rings. The standard InChI is InChI=1S/C14H21FN2O2S/c1-14(2,3)16-8-10-17(11-9-16)20(18,19)13-6-4-12(15)5-7-13/h4-7H,8-11H2,1-3H3. The molecule has 0 amide bonds. The molecule has 0 radical (unpaired) electrons. The molecule has 1 aliphatic rings. The topological polar surface area (TPSA) is 40.6 Å². The van der Waals surface area contributed by atoms with Crippen LogP contribution >= 0.6 is 0 Å². The Morgan fingerprint density at radius 3 is 1.95 bits per heavy atom. The molecule has 0 bridgehead atoms. The largest absolute Gasteiger partial charge is 0.296 e. The van der Waals surface area contributed by atoms with Crippen molar-refractivity contribution in [2.45, 2.75) is 31.2 Å². The molecule has 20 heavy (non-hydrogen) atoms. The molecule has 0 atom stereocenters. The summed E-state index contributed by atoms with van der Waals surface area (Å²) < 4.78 is 39.2. The Kier molecular flexibility index (Phi) is 4.18. The Hall–Kier alpha value is -0.980. The van der Waals surface area contributed by atoms with Crippen LogP contribution in [0.15, 0.2) is 29.2 Å². The molecule has 0 aromatic heterocycles. The highest BCUT2D eigenvalue weighted by Gasteiger charge is 2.32. The number of rotatable bonds is 2. The SMILES string of the molecule is CC(C)(C)N1CCN(S(=O)(=O)c2ccc(F)cc2)CC1. The van der Waals surface area contributed by atoms with Gasteiger partial charge in [-0.3, -0.25) is 4.90 Å². The first kappa shape index (κ1) is 15.4. The number of hydrogen-bond donors (Lipinski definition) is 0. The van der Waals surface area contributed by atoms with Crippen molar-refractivity contribution in [1.29, 1.82) is 0 Å². The van der Waals surface area contributed by atoms with Crippen LogP contribution in [0.25, 0.3) is 0 Å². The zero-order valence-corrected chi connectivity index (χ0v) is 13.0. The first-order valence-corrected chi connectivity index (χ1v) is 8.16. The van der Waals surface area contributed by atoms with Crippen molar-refractivity contribution >= 4 is 10.0 Å². The highest BCUT2D eigenvalue weighted by atomic mass is 32.2. The third-order valence-electron chi connectivity index (χ3n) is 3.64. The van der Waals surface area contributed by atoms with Crippen LogP contribution in [0.5, 0.6) is 0 Å². The molecule has 4 nitrogen and oxygen atoms in total. The summed E-state index contributed by atoms with van der Waals surface area (Å²) in [5.74, 6) is -0.429. The van der Waals surface area contributed by atoms with Crippen LogP contribution in [0.2, 0.25) is 0 Å². The Balaban J connectivity index is 2.11.